The lowest BCUT2D eigenvalue weighted by Crippen LogP contribution is -2.59. The van der Waals surface area contributed by atoms with Crippen LogP contribution in [0.2, 0.25) is 0 Å². The van der Waals surface area contributed by atoms with Gasteiger partial charge in [-0.3, -0.25) is 9.80 Å². The van der Waals surface area contributed by atoms with Gasteiger partial charge in [-0.05, 0) is 51.2 Å². The fraction of sp³-hybridized carbons (Fsp3) is 0.895. The third-order valence-corrected chi connectivity index (χ3v) is 5.05. The van der Waals surface area contributed by atoms with Crippen LogP contribution in [0.15, 0.2) is 0 Å². The zero-order valence-electron chi connectivity index (χ0n) is 15.0. The molecule has 0 amide bonds. The lowest BCUT2D eigenvalue weighted by atomic mass is 9.90. The molecule has 2 aliphatic heterocycles. The van der Waals surface area contributed by atoms with Crippen molar-refractivity contribution in [2.45, 2.75) is 64.8 Å². The molecule has 0 aromatic carbocycles. The number of piperidine rings is 2. The van der Waals surface area contributed by atoms with Crippen molar-refractivity contribution < 1.29 is 8.78 Å². The quantitative estimate of drug-likeness (QED) is 0.724. The van der Waals surface area contributed by atoms with Crippen LogP contribution in [0.3, 0.4) is 0 Å². The number of alkyl halides is 2. The van der Waals surface area contributed by atoms with Crippen molar-refractivity contribution in [2.75, 3.05) is 32.7 Å². The molecular weight excluding hydrogens is 294 g/mol. The number of halogens is 2. The zero-order valence-corrected chi connectivity index (χ0v) is 15.0. The molecule has 2 heterocycles. The van der Waals surface area contributed by atoms with Crippen molar-refractivity contribution >= 4 is 0 Å². The Morgan fingerprint density at radius 1 is 1.13 bits per heavy atom. The van der Waals surface area contributed by atoms with E-state index in [1.165, 1.54) is 0 Å². The molecule has 0 saturated carbocycles. The first-order chi connectivity index (χ1) is 10.9. The minimum Gasteiger partial charge on any atom is -0.297 e. The van der Waals surface area contributed by atoms with Crippen LogP contribution in [-0.4, -0.2) is 54.5 Å². The van der Waals surface area contributed by atoms with E-state index in [2.05, 4.69) is 37.5 Å². The van der Waals surface area contributed by atoms with Crippen LogP contribution in [0.25, 0.3) is 0 Å². The van der Waals surface area contributed by atoms with Gasteiger partial charge in [0.1, 0.15) is 0 Å². The number of hydrogen-bond donors (Lipinski definition) is 0. The Balaban J connectivity index is 1.82. The summed E-state index contributed by atoms with van der Waals surface area (Å²) in [6.07, 6.45) is 4.50. The molecule has 2 rings (SSSR count). The van der Waals surface area contributed by atoms with Crippen LogP contribution < -0.4 is 0 Å². The highest BCUT2D eigenvalue weighted by molar-refractivity contribution is 5.03. The van der Waals surface area contributed by atoms with Crippen molar-refractivity contribution in [1.29, 1.82) is 0 Å². The van der Waals surface area contributed by atoms with Crippen LogP contribution >= 0.6 is 0 Å². The second-order valence-corrected chi connectivity index (χ2v) is 7.50. The van der Waals surface area contributed by atoms with Gasteiger partial charge in [-0.15, -0.1) is 11.8 Å². The summed E-state index contributed by atoms with van der Waals surface area (Å²) in [7, 11) is 0. The van der Waals surface area contributed by atoms with Gasteiger partial charge in [0.05, 0.1) is 12.6 Å². The highest BCUT2D eigenvalue weighted by atomic mass is 19.3. The molecule has 0 aromatic heterocycles. The molecule has 23 heavy (non-hydrogen) atoms. The normalized spacial score (nSPS) is 27.0. The smallest absolute Gasteiger partial charge is 0.275 e. The van der Waals surface area contributed by atoms with E-state index in [4.69, 9.17) is 0 Å². The molecule has 0 spiro atoms. The molecule has 0 radical (unpaired) electrons. The first-order valence-electron chi connectivity index (χ1n) is 9.25. The van der Waals surface area contributed by atoms with E-state index in [9.17, 15) is 8.78 Å². The first-order valence-corrected chi connectivity index (χ1v) is 9.25. The van der Waals surface area contributed by atoms with Gasteiger partial charge < -0.3 is 0 Å². The molecule has 2 saturated heterocycles. The molecule has 132 valence electrons. The Kier molecular flexibility index (Phi) is 6.85. The third-order valence-electron chi connectivity index (χ3n) is 5.05. The van der Waals surface area contributed by atoms with Crippen LogP contribution in [0, 0.1) is 23.7 Å². The van der Waals surface area contributed by atoms with E-state index in [1.54, 1.807) is 0 Å². The van der Waals surface area contributed by atoms with Gasteiger partial charge in [0.25, 0.3) is 5.92 Å². The fourth-order valence-corrected chi connectivity index (χ4v) is 3.83. The van der Waals surface area contributed by atoms with Gasteiger partial charge in [0, 0.05) is 18.9 Å². The Labute approximate surface area is 140 Å². The maximum atomic E-state index is 14.5. The molecule has 1 atom stereocenters. The Bertz CT molecular complexity index is 417. The lowest BCUT2D eigenvalue weighted by Gasteiger charge is -2.45. The van der Waals surface area contributed by atoms with E-state index in [0.717, 1.165) is 51.9 Å². The van der Waals surface area contributed by atoms with E-state index in [-0.39, 0.29) is 6.54 Å². The average Bonchev–Trinajstić information content (AvgIpc) is 2.47. The summed E-state index contributed by atoms with van der Waals surface area (Å²) in [6, 6.07) is -0.557. The van der Waals surface area contributed by atoms with Crippen molar-refractivity contribution in [3.05, 3.63) is 0 Å². The minimum atomic E-state index is -2.57. The molecule has 0 aromatic rings. The van der Waals surface area contributed by atoms with Gasteiger partial charge >= 0.3 is 0 Å². The Morgan fingerprint density at radius 3 is 2.39 bits per heavy atom. The molecule has 1 unspecified atom stereocenters. The predicted octanol–water partition coefficient (Wildman–Crippen LogP) is 3.87. The number of nitrogens with zero attached hydrogens (tertiary/aromatic N) is 2. The number of likely N-dealkylation sites (tertiary alicyclic amines) is 2. The van der Waals surface area contributed by atoms with Gasteiger partial charge in [-0.1, -0.05) is 20.8 Å². The summed E-state index contributed by atoms with van der Waals surface area (Å²) in [5, 5.41) is 0. The molecule has 0 bridgehead atoms. The van der Waals surface area contributed by atoms with Crippen molar-refractivity contribution in [2.24, 2.45) is 11.8 Å². The van der Waals surface area contributed by atoms with Crippen LogP contribution in [-0.2, 0) is 0 Å². The van der Waals surface area contributed by atoms with Gasteiger partial charge in [-0.25, -0.2) is 8.78 Å². The standard InChI is InChI=1S/C19H32F2N2/c1-4-11-22-12-10-18(19(20,21)15-22)23-13-8-17(9-14-23)7-5-6-16(2)3/h16-18H,4,7-15H2,1-3H3. The van der Waals surface area contributed by atoms with E-state index >= 15 is 0 Å². The Morgan fingerprint density at radius 2 is 1.83 bits per heavy atom. The van der Waals surface area contributed by atoms with E-state index < -0.39 is 12.0 Å². The molecule has 4 heteroatoms. The van der Waals surface area contributed by atoms with Gasteiger partial charge in [-0.2, -0.15) is 0 Å². The maximum absolute atomic E-state index is 14.5. The minimum absolute atomic E-state index is 0.0642. The van der Waals surface area contributed by atoms with Gasteiger partial charge in [0.2, 0.25) is 0 Å². The second-order valence-electron chi connectivity index (χ2n) is 7.50. The molecule has 0 aliphatic carbocycles. The van der Waals surface area contributed by atoms with E-state index in [1.807, 2.05) is 4.90 Å². The SMILES string of the molecule is CCCN1CCC(N2CCC(CC#CC(C)C)CC2)C(F)(F)C1. The first kappa shape index (κ1) is 18.7. The zero-order chi connectivity index (χ0) is 16.9. The molecule has 0 N–H and O–H groups in total. The van der Waals surface area contributed by atoms with Gasteiger partial charge in [0.15, 0.2) is 0 Å². The average molecular weight is 326 g/mol. The van der Waals surface area contributed by atoms with Crippen molar-refractivity contribution in [1.82, 2.24) is 9.80 Å². The monoisotopic (exact) mass is 326 g/mol. The van der Waals surface area contributed by atoms with Crippen LogP contribution in [0.4, 0.5) is 8.78 Å². The highest BCUT2D eigenvalue weighted by Gasteiger charge is 2.47. The molecule has 2 aliphatic rings. The Hall–Kier alpha value is -0.660. The number of rotatable bonds is 4. The lowest BCUT2D eigenvalue weighted by molar-refractivity contribution is -0.132. The third kappa shape index (κ3) is 5.43. The summed E-state index contributed by atoms with van der Waals surface area (Å²) >= 11 is 0. The molecule has 2 nitrogen and oxygen atoms in total. The summed E-state index contributed by atoms with van der Waals surface area (Å²) in [6.45, 7) is 9.41. The molecule has 2 fully saturated rings. The van der Waals surface area contributed by atoms with Crippen molar-refractivity contribution in [3.63, 3.8) is 0 Å². The van der Waals surface area contributed by atoms with Crippen LogP contribution in [0.5, 0.6) is 0 Å². The summed E-state index contributed by atoms with van der Waals surface area (Å²) in [5.41, 5.74) is 0. The second kappa shape index (κ2) is 8.44. The predicted molar refractivity (Wildman–Crippen MR) is 91.6 cm³/mol. The number of hydrogen-bond acceptors (Lipinski definition) is 2. The topological polar surface area (TPSA) is 6.48 Å². The fourth-order valence-electron chi connectivity index (χ4n) is 3.83. The summed E-state index contributed by atoms with van der Waals surface area (Å²) in [5.74, 6) is 4.91. The van der Waals surface area contributed by atoms with Crippen LogP contribution in [0.1, 0.15) is 52.9 Å². The highest BCUT2D eigenvalue weighted by Crippen LogP contribution is 2.34. The summed E-state index contributed by atoms with van der Waals surface area (Å²) < 4.78 is 29.0. The van der Waals surface area contributed by atoms with Crippen molar-refractivity contribution in [3.8, 4) is 11.8 Å². The maximum Gasteiger partial charge on any atom is 0.275 e. The molecular formula is C19H32F2N2. The van der Waals surface area contributed by atoms with E-state index in [0.29, 0.717) is 18.3 Å². The summed E-state index contributed by atoms with van der Waals surface area (Å²) in [4.78, 5) is 3.97. The largest absolute Gasteiger partial charge is 0.297 e.